The van der Waals surface area contributed by atoms with Crippen molar-refractivity contribution in [3.63, 3.8) is 0 Å². The zero-order chi connectivity index (χ0) is 29.7. The zero-order valence-electron chi connectivity index (χ0n) is 24.6. The predicted molar refractivity (Wildman–Crippen MR) is 190 cm³/mol. The van der Waals surface area contributed by atoms with Crippen molar-refractivity contribution in [2.24, 2.45) is 0 Å². The van der Waals surface area contributed by atoms with Crippen LogP contribution in [0.3, 0.4) is 0 Å². The van der Waals surface area contributed by atoms with E-state index in [1.54, 1.807) is 0 Å². The molecule has 2 nitrogen and oxygen atoms in total. The highest BCUT2D eigenvalue weighted by Crippen LogP contribution is 2.46. The summed E-state index contributed by atoms with van der Waals surface area (Å²) in [4.78, 5) is 5.58. The SMILES string of the molecule is c1ccc(-c2nc3c(-c4ccc5ccccc5c4)c4ccccc4c(-c4ccc5ccccc5c4)c3n2-c2ccccc2)cc1. The maximum Gasteiger partial charge on any atom is 0.145 e. The van der Waals surface area contributed by atoms with E-state index in [9.17, 15) is 0 Å². The number of hydrogen-bond donors (Lipinski definition) is 0. The summed E-state index contributed by atoms with van der Waals surface area (Å²) in [6.07, 6.45) is 0. The molecule has 0 fully saturated rings. The Labute approximate surface area is 261 Å². The number of fused-ring (bicyclic) bond motifs is 4. The van der Waals surface area contributed by atoms with Crippen LogP contribution in [0.5, 0.6) is 0 Å². The molecule has 8 aromatic carbocycles. The highest BCUT2D eigenvalue weighted by Gasteiger charge is 2.25. The van der Waals surface area contributed by atoms with Gasteiger partial charge >= 0.3 is 0 Å². The second kappa shape index (κ2) is 10.3. The molecule has 9 aromatic rings. The van der Waals surface area contributed by atoms with Gasteiger partial charge in [-0.25, -0.2) is 4.98 Å². The van der Waals surface area contributed by atoms with Gasteiger partial charge in [0.1, 0.15) is 5.82 Å². The first kappa shape index (κ1) is 25.5. The zero-order valence-corrected chi connectivity index (χ0v) is 24.6. The number of aromatic nitrogens is 2. The van der Waals surface area contributed by atoms with E-state index in [0.717, 1.165) is 39.2 Å². The Balaban J connectivity index is 1.51. The summed E-state index contributed by atoms with van der Waals surface area (Å²) in [5, 5.41) is 7.31. The minimum atomic E-state index is 0.927. The Kier molecular flexibility index (Phi) is 5.85. The average Bonchev–Trinajstić information content (AvgIpc) is 3.51. The highest BCUT2D eigenvalue weighted by atomic mass is 15.1. The van der Waals surface area contributed by atoms with Crippen LogP contribution in [0, 0.1) is 0 Å². The minimum absolute atomic E-state index is 0.927. The van der Waals surface area contributed by atoms with Gasteiger partial charge in [-0.05, 0) is 67.7 Å². The molecule has 1 aromatic heterocycles. The van der Waals surface area contributed by atoms with Crippen LogP contribution in [0.25, 0.3) is 82.7 Å². The van der Waals surface area contributed by atoms with E-state index in [2.05, 4.69) is 174 Å². The summed E-state index contributed by atoms with van der Waals surface area (Å²) in [5.74, 6) is 0.927. The second-order valence-corrected chi connectivity index (χ2v) is 11.6. The Morgan fingerprint density at radius 1 is 0.378 bits per heavy atom. The lowest BCUT2D eigenvalue weighted by atomic mass is 9.89. The van der Waals surface area contributed by atoms with Crippen LogP contribution in [0.15, 0.2) is 170 Å². The van der Waals surface area contributed by atoms with E-state index in [-0.39, 0.29) is 0 Å². The molecule has 0 unspecified atom stereocenters. The monoisotopic (exact) mass is 572 g/mol. The van der Waals surface area contributed by atoms with Crippen molar-refractivity contribution in [2.45, 2.75) is 0 Å². The minimum Gasteiger partial charge on any atom is -0.292 e. The highest BCUT2D eigenvalue weighted by molar-refractivity contribution is 6.21. The molecule has 0 atom stereocenters. The number of nitrogens with zero attached hydrogens (tertiary/aromatic N) is 2. The lowest BCUT2D eigenvalue weighted by Gasteiger charge is -2.18. The van der Waals surface area contributed by atoms with E-state index in [1.807, 2.05) is 0 Å². The van der Waals surface area contributed by atoms with E-state index < -0.39 is 0 Å². The summed E-state index contributed by atoms with van der Waals surface area (Å²) < 4.78 is 2.37. The molecular formula is C43H28N2. The number of para-hydroxylation sites is 1. The van der Waals surface area contributed by atoms with Gasteiger partial charge in [-0.1, -0.05) is 146 Å². The number of benzene rings is 8. The first-order valence-electron chi connectivity index (χ1n) is 15.4. The van der Waals surface area contributed by atoms with Gasteiger partial charge in [0, 0.05) is 22.4 Å². The quantitative estimate of drug-likeness (QED) is 0.205. The van der Waals surface area contributed by atoms with Gasteiger partial charge in [0.15, 0.2) is 0 Å². The summed E-state index contributed by atoms with van der Waals surface area (Å²) >= 11 is 0. The van der Waals surface area contributed by atoms with Crippen molar-refractivity contribution < 1.29 is 0 Å². The van der Waals surface area contributed by atoms with Gasteiger partial charge in [0.05, 0.1) is 11.0 Å². The standard InChI is InChI=1S/C43H28N2/c1-3-15-31(16-4-1)43-44-41-39(34-25-23-29-13-7-9-17-32(29)27-34)37-21-11-12-22-38(37)40(42(41)45(43)36-19-5-2-6-20-36)35-26-24-30-14-8-10-18-33(30)28-35/h1-28H. The molecule has 45 heavy (non-hydrogen) atoms. The van der Waals surface area contributed by atoms with Gasteiger partial charge in [0.2, 0.25) is 0 Å². The third-order valence-corrected chi connectivity index (χ3v) is 8.94. The Morgan fingerprint density at radius 2 is 0.867 bits per heavy atom. The average molecular weight is 573 g/mol. The van der Waals surface area contributed by atoms with Crippen LogP contribution >= 0.6 is 0 Å². The van der Waals surface area contributed by atoms with Crippen LogP contribution in [0.1, 0.15) is 0 Å². The first-order chi connectivity index (χ1) is 22.3. The molecule has 0 spiro atoms. The molecule has 0 amide bonds. The van der Waals surface area contributed by atoms with Crippen molar-refractivity contribution >= 4 is 43.4 Å². The van der Waals surface area contributed by atoms with Gasteiger partial charge in [-0.3, -0.25) is 4.57 Å². The molecular weight excluding hydrogens is 544 g/mol. The van der Waals surface area contributed by atoms with Crippen molar-refractivity contribution in [1.82, 2.24) is 9.55 Å². The molecule has 9 rings (SSSR count). The van der Waals surface area contributed by atoms with Gasteiger partial charge in [0.25, 0.3) is 0 Å². The normalized spacial score (nSPS) is 11.6. The third-order valence-electron chi connectivity index (χ3n) is 8.94. The lowest BCUT2D eigenvalue weighted by Crippen LogP contribution is -1.99. The summed E-state index contributed by atoms with van der Waals surface area (Å²) in [6, 6.07) is 60.9. The van der Waals surface area contributed by atoms with E-state index >= 15 is 0 Å². The van der Waals surface area contributed by atoms with Crippen LogP contribution < -0.4 is 0 Å². The molecule has 0 saturated carbocycles. The van der Waals surface area contributed by atoms with Crippen molar-refractivity contribution in [3.8, 4) is 39.3 Å². The van der Waals surface area contributed by atoms with E-state index in [4.69, 9.17) is 4.98 Å². The Bertz CT molecular complexity index is 2530. The van der Waals surface area contributed by atoms with Crippen molar-refractivity contribution in [3.05, 3.63) is 170 Å². The number of hydrogen-bond acceptors (Lipinski definition) is 1. The molecule has 0 aliphatic rings. The van der Waals surface area contributed by atoms with E-state index in [1.165, 1.54) is 43.4 Å². The number of rotatable bonds is 4. The molecule has 0 aliphatic carbocycles. The molecule has 1 heterocycles. The van der Waals surface area contributed by atoms with Gasteiger partial charge in [-0.2, -0.15) is 0 Å². The third kappa shape index (κ3) is 4.15. The van der Waals surface area contributed by atoms with Gasteiger partial charge in [-0.15, -0.1) is 0 Å². The van der Waals surface area contributed by atoms with Crippen molar-refractivity contribution in [2.75, 3.05) is 0 Å². The largest absolute Gasteiger partial charge is 0.292 e. The smallest absolute Gasteiger partial charge is 0.145 e. The fourth-order valence-electron chi connectivity index (χ4n) is 6.88. The molecule has 2 heteroatoms. The maximum absolute atomic E-state index is 5.58. The fourth-order valence-corrected chi connectivity index (χ4v) is 6.88. The molecule has 0 saturated heterocycles. The summed E-state index contributed by atoms with van der Waals surface area (Å²) in [6.45, 7) is 0. The summed E-state index contributed by atoms with van der Waals surface area (Å²) in [7, 11) is 0. The molecule has 0 bridgehead atoms. The van der Waals surface area contributed by atoms with E-state index in [0.29, 0.717) is 0 Å². The van der Waals surface area contributed by atoms with Crippen molar-refractivity contribution in [1.29, 1.82) is 0 Å². The first-order valence-corrected chi connectivity index (χ1v) is 15.4. The maximum atomic E-state index is 5.58. The predicted octanol–water partition coefficient (Wildman–Crippen LogP) is 11.5. The van der Waals surface area contributed by atoms with Crippen LogP contribution in [-0.4, -0.2) is 9.55 Å². The lowest BCUT2D eigenvalue weighted by molar-refractivity contribution is 1.10. The Morgan fingerprint density at radius 3 is 1.49 bits per heavy atom. The van der Waals surface area contributed by atoms with Crippen LogP contribution in [-0.2, 0) is 0 Å². The van der Waals surface area contributed by atoms with Crippen LogP contribution in [0.4, 0.5) is 0 Å². The molecule has 210 valence electrons. The van der Waals surface area contributed by atoms with Gasteiger partial charge < -0.3 is 0 Å². The molecule has 0 N–H and O–H groups in total. The number of imidazole rings is 1. The van der Waals surface area contributed by atoms with Crippen LogP contribution in [0.2, 0.25) is 0 Å². The summed E-state index contributed by atoms with van der Waals surface area (Å²) in [5.41, 5.74) is 8.95. The fraction of sp³-hybridized carbons (Fsp3) is 0. The molecule has 0 radical (unpaired) electrons. The molecule has 0 aliphatic heterocycles. The Hall–Kier alpha value is -5.99. The topological polar surface area (TPSA) is 17.8 Å². The second-order valence-electron chi connectivity index (χ2n) is 11.6.